The molecule has 1 amide bonds. The molecule has 2 aromatic rings. The molecule has 0 aliphatic carbocycles. The van der Waals surface area contributed by atoms with Crippen LogP contribution in [0.25, 0.3) is 0 Å². The van der Waals surface area contributed by atoms with E-state index in [1.54, 1.807) is 6.07 Å². The molecular weight excluding hydrogens is 385 g/mol. The van der Waals surface area contributed by atoms with Gasteiger partial charge in [-0.3, -0.25) is 9.69 Å². The summed E-state index contributed by atoms with van der Waals surface area (Å²) in [4.78, 5) is 16.8. The molecule has 0 unspecified atom stereocenters. The number of anilines is 2. The molecule has 1 N–H and O–H groups in total. The van der Waals surface area contributed by atoms with Crippen LogP contribution in [0.15, 0.2) is 42.5 Å². The summed E-state index contributed by atoms with van der Waals surface area (Å²) in [7, 11) is 0. The third-order valence-corrected chi connectivity index (χ3v) is 4.85. The molecule has 1 saturated heterocycles. The number of benzene rings is 2. The highest BCUT2D eigenvalue weighted by Gasteiger charge is 2.20. The topological polar surface area (TPSA) is 44.8 Å². The van der Waals surface area contributed by atoms with E-state index in [4.69, 9.17) is 27.9 Å². The second-order valence-electron chi connectivity index (χ2n) is 6.37. The van der Waals surface area contributed by atoms with Crippen molar-refractivity contribution < 1.29 is 9.53 Å². The van der Waals surface area contributed by atoms with Crippen LogP contribution in [0.3, 0.4) is 0 Å². The number of halogens is 2. The number of para-hydroxylation sites is 2. The molecule has 1 aliphatic heterocycles. The Morgan fingerprint density at radius 3 is 2.41 bits per heavy atom. The molecule has 0 atom stereocenters. The van der Waals surface area contributed by atoms with Crippen molar-refractivity contribution in [2.75, 3.05) is 49.5 Å². The summed E-state index contributed by atoms with van der Waals surface area (Å²) < 4.78 is 5.55. The fourth-order valence-electron chi connectivity index (χ4n) is 3.13. The summed E-state index contributed by atoms with van der Waals surface area (Å²) in [6.07, 6.45) is 0. The van der Waals surface area contributed by atoms with Gasteiger partial charge in [-0.05, 0) is 37.3 Å². The molecule has 2 aromatic carbocycles. The van der Waals surface area contributed by atoms with E-state index in [0.717, 1.165) is 31.9 Å². The molecule has 3 rings (SSSR count). The maximum Gasteiger partial charge on any atom is 0.238 e. The van der Waals surface area contributed by atoms with Gasteiger partial charge in [0, 0.05) is 41.9 Å². The van der Waals surface area contributed by atoms with E-state index in [0.29, 0.717) is 34.6 Å². The van der Waals surface area contributed by atoms with Gasteiger partial charge in [-0.1, -0.05) is 35.3 Å². The lowest BCUT2D eigenvalue weighted by Gasteiger charge is -2.35. The fourth-order valence-corrected chi connectivity index (χ4v) is 3.64. The van der Waals surface area contributed by atoms with E-state index in [1.165, 1.54) is 0 Å². The monoisotopic (exact) mass is 407 g/mol. The number of nitrogens with one attached hydrogen (secondary N) is 1. The normalized spacial score (nSPS) is 14.9. The van der Waals surface area contributed by atoms with Gasteiger partial charge in [0.15, 0.2) is 0 Å². The second kappa shape index (κ2) is 9.31. The quantitative estimate of drug-likeness (QED) is 0.780. The molecule has 1 fully saturated rings. The number of carbonyl (C=O) groups excluding carboxylic acids is 1. The van der Waals surface area contributed by atoms with Crippen molar-refractivity contribution in [3.8, 4) is 5.75 Å². The van der Waals surface area contributed by atoms with Crippen molar-refractivity contribution in [2.45, 2.75) is 6.92 Å². The summed E-state index contributed by atoms with van der Waals surface area (Å²) in [6, 6.07) is 13.0. The smallest absolute Gasteiger partial charge is 0.238 e. The largest absolute Gasteiger partial charge is 0.492 e. The van der Waals surface area contributed by atoms with Crippen LogP contribution in [0, 0.1) is 0 Å². The molecular formula is C20H23Cl2N3O2. The first-order valence-corrected chi connectivity index (χ1v) is 9.76. The lowest BCUT2D eigenvalue weighted by atomic mass is 10.2. The van der Waals surface area contributed by atoms with Crippen molar-refractivity contribution in [3.05, 3.63) is 52.5 Å². The van der Waals surface area contributed by atoms with E-state index in [2.05, 4.69) is 15.1 Å². The minimum Gasteiger partial charge on any atom is -0.492 e. The predicted molar refractivity (Wildman–Crippen MR) is 111 cm³/mol. The number of hydrogen-bond donors (Lipinski definition) is 1. The number of amides is 1. The zero-order valence-electron chi connectivity index (χ0n) is 15.3. The molecule has 7 heteroatoms. The van der Waals surface area contributed by atoms with Crippen LogP contribution in [0.1, 0.15) is 6.92 Å². The van der Waals surface area contributed by atoms with Crippen LogP contribution in [0.2, 0.25) is 10.0 Å². The van der Waals surface area contributed by atoms with Gasteiger partial charge < -0.3 is 15.0 Å². The summed E-state index contributed by atoms with van der Waals surface area (Å²) in [5, 5.41) is 4.21. The second-order valence-corrected chi connectivity index (χ2v) is 7.24. The van der Waals surface area contributed by atoms with Gasteiger partial charge in [0.05, 0.1) is 18.8 Å². The van der Waals surface area contributed by atoms with Crippen molar-refractivity contribution >= 4 is 40.5 Å². The third kappa shape index (κ3) is 5.51. The number of nitrogens with zero attached hydrogens (tertiary/aromatic N) is 2. The molecule has 0 aromatic heterocycles. The first kappa shape index (κ1) is 19.8. The molecule has 144 valence electrons. The zero-order chi connectivity index (χ0) is 19.2. The highest BCUT2D eigenvalue weighted by Crippen LogP contribution is 2.26. The maximum absolute atomic E-state index is 12.4. The standard InChI is InChI=1S/C20H23Cl2N3O2/c1-2-27-19-6-4-3-5-18(19)23-20(26)14-24-7-9-25(10-8-24)17-12-15(21)11-16(22)13-17/h3-6,11-13H,2,7-10,14H2,1H3,(H,23,26). The lowest BCUT2D eigenvalue weighted by Crippen LogP contribution is -2.48. The van der Waals surface area contributed by atoms with Crippen LogP contribution in [0.5, 0.6) is 5.75 Å². The Hall–Kier alpha value is -1.95. The van der Waals surface area contributed by atoms with Gasteiger partial charge >= 0.3 is 0 Å². The number of hydrogen-bond acceptors (Lipinski definition) is 4. The molecule has 0 radical (unpaired) electrons. The Balaban J connectivity index is 1.52. The SMILES string of the molecule is CCOc1ccccc1NC(=O)CN1CCN(c2cc(Cl)cc(Cl)c2)CC1. The van der Waals surface area contributed by atoms with E-state index in [1.807, 2.05) is 43.3 Å². The van der Waals surface area contributed by atoms with E-state index >= 15 is 0 Å². The molecule has 1 aliphatic rings. The van der Waals surface area contributed by atoms with Crippen molar-refractivity contribution in [3.63, 3.8) is 0 Å². The Bertz CT molecular complexity index is 772. The van der Waals surface area contributed by atoms with Crippen molar-refractivity contribution in [1.29, 1.82) is 0 Å². The van der Waals surface area contributed by atoms with Crippen molar-refractivity contribution in [1.82, 2.24) is 4.90 Å². The number of carbonyl (C=O) groups is 1. The Morgan fingerprint density at radius 2 is 1.74 bits per heavy atom. The van der Waals surface area contributed by atoms with Crippen LogP contribution >= 0.6 is 23.2 Å². The first-order chi connectivity index (χ1) is 13.0. The average molecular weight is 408 g/mol. The van der Waals surface area contributed by atoms with Crippen LogP contribution in [0.4, 0.5) is 11.4 Å². The molecule has 0 bridgehead atoms. The number of piperazine rings is 1. The predicted octanol–water partition coefficient (Wildman–Crippen LogP) is 4.15. The lowest BCUT2D eigenvalue weighted by molar-refractivity contribution is -0.117. The molecule has 1 heterocycles. The Kier molecular flexibility index (Phi) is 6.83. The van der Waals surface area contributed by atoms with Gasteiger partial charge in [-0.2, -0.15) is 0 Å². The summed E-state index contributed by atoms with van der Waals surface area (Å²) in [6.45, 7) is 6.06. The van der Waals surface area contributed by atoms with Crippen LogP contribution < -0.4 is 15.0 Å². The molecule has 0 spiro atoms. The number of ether oxygens (including phenoxy) is 1. The van der Waals surface area contributed by atoms with Gasteiger partial charge in [0.25, 0.3) is 0 Å². The van der Waals surface area contributed by atoms with Gasteiger partial charge in [-0.25, -0.2) is 0 Å². The van der Waals surface area contributed by atoms with Crippen LogP contribution in [-0.4, -0.2) is 50.1 Å². The summed E-state index contributed by atoms with van der Waals surface area (Å²) >= 11 is 12.2. The molecule has 27 heavy (non-hydrogen) atoms. The summed E-state index contributed by atoms with van der Waals surface area (Å²) in [5.74, 6) is 0.650. The van der Waals surface area contributed by atoms with E-state index in [-0.39, 0.29) is 5.91 Å². The van der Waals surface area contributed by atoms with Crippen LogP contribution in [-0.2, 0) is 4.79 Å². The highest BCUT2D eigenvalue weighted by molar-refractivity contribution is 6.35. The Morgan fingerprint density at radius 1 is 1.07 bits per heavy atom. The van der Waals surface area contributed by atoms with E-state index in [9.17, 15) is 4.79 Å². The maximum atomic E-state index is 12.4. The molecule has 0 saturated carbocycles. The minimum absolute atomic E-state index is 0.0404. The average Bonchev–Trinajstić information content (AvgIpc) is 2.63. The summed E-state index contributed by atoms with van der Waals surface area (Å²) in [5.41, 5.74) is 1.72. The highest BCUT2D eigenvalue weighted by atomic mass is 35.5. The van der Waals surface area contributed by atoms with Gasteiger partial charge in [0.2, 0.25) is 5.91 Å². The third-order valence-electron chi connectivity index (χ3n) is 4.41. The first-order valence-electron chi connectivity index (χ1n) is 9.00. The Labute approximate surface area is 169 Å². The van der Waals surface area contributed by atoms with Crippen molar-refractivity contribution in [2.24, 2.45) is 0 Å². The minimum atomic E-state index is -0.0404. The van der Waals surface area contributed by atoms with Gasteiger partial charge in [0.1, 0.15) is 5.75 Å². The number of rotatable bonds is 6. The molecule has 5 nitrogen and oxygen atoms in total. The fraction of sp³-hybridized carbons (Fsp3) is 0.350. The zero-order valence-corrected chi connectivity index (χ0v) is 16.8. The van der Waals surface area contributed by atoms with Gasteiger partial charge in [-0.15, -0.1) is 0 Å². The van der Waals surface area contributed by atoms with E-state index < -0.39 is 0 Å².